The van der Waals surface area contributed by atoms with Gasteiger partial charge in [0.1, 0.15) is 0 Å². The fourth-order valence-corrected chi connectivity index (χ4v) is 6.19. The summed E-state index contributed by atoms with van der Waals surface area (Å²) in [6, 6.07) is 20.4. The van der Waals surface area contributed by atoms with E-state index in [2.05, 4.69) is 149 Å². The molecular weight excluding hydrogens is 631 g/mol. The fourth-order valence-electron chi connectivity index (χ4n) is 6.19. The van der Waals surface area contributed by atoms with E-state index in [1.54, 1.807) is 0 Å². The second-order valence-corrected chi connectivity index (χ2v) is 14.7. The van der Waals surface area contributed by atoms with E-state index in [-0.39, 0.29) is 67.3 Å². The van der Waals surface area contributed by atoms with E-state index in [1.165, 1.54) is 66.1 Å². The molecule has 0 saturated heterocycles. The third-order valence-electron chi connectivity index (χ3n) is 8.51. The van der Waals surface area contributed by atoms with Gasteiger partial charge in [0.05, 0.1) is 0 Å². The first-order valence-electron chi connectivity index (χ1n) is 14.5. The van der Waals surface area contributed by atoms with Crippen LogP contribution in [0.25, 0.3) is 28.3 Å². The van der Waals surface area contributed by atoms with Crippen molar-refractivity contribution in [1.29, 1.82) is 0 Å². The Morgan fingerprint density at radius 2 is 1.36 bits per heavy atom. The monoisotopic (exact) mass is 673 g/mol. The molecule has 1 atom stereocenters. The summed E-state index contributed by atoms with van der Waals surface area (Å²) in [5, 5.41) is 2.63. The summed E-state index contributed by atoms with van der Waals surface area (Å²) in [5.74, 6) is 0.354. The number of halogens is 2. The standard InChI is InChI=1S/C39H45.2ClH.Zr/c1-24-19-29(38(6,7)8)22-31(24)35-34-21-27-20-28(37(3,4)5)17-18-30(27)33(34)23-32(36(35)39(9,10)11)25(2)26-15-13-12-14-16-26;;;/h12-20,22-24H,1-11H3;2*1H;/q-1;;;+3/p-2. The van der Waals surface area contributed by atoms with Gasteiger partial charge in [-0.3, -0.25) is 0 Å². The Hall–Kier alpha value is -1.66. The third kappa shape index (κ3) is 6.70. The average molecular weight is 676 g/mol. The molecule has 0 bridgehead atoms. The molecule has 1 radical (unpaired) electrons. The van der Waals surface area contributed by atoms with Crippen molar-refractivity contribution in [2.45, 2.75) is 87.0 Å². The molecule has 0 aromatic heterocycles. The molecule has 0 spiro atoms. The maximum atomic E-state index is 3.96. The quantitative estimate of drug-likeness (QED) is 0.287. The SMILES string of the molecule is CC(c1ccccc1)=c1cc2c(c(C3=CC(C(C)(C)C)=CC3C)c1C(C)(C)C)=[C-]c1cc(C(C)(C)C)ccc1-2.[Cl-].[Cl-].[Zr+3]. The van der Waals surface area contributed by atoms with Gasteiger partial charge in [-0.15, -0.1) is 34.1 Å². The fraction of sp³-hybridized carbons (Fsp3) is 0.385. The zero-order valence-corrected chi connectivity index (χ0v) is 31.2. The predicted molar refractivity (Wildman–Crippen MR) is 170 cm³/mol. The third-order valence-corrected chi connectivity index (χ3v) is 8.51. The number of rotatable bonds is 2. The van der Waals surface area contributed by atoms with Crippen molar-refractivity contribution >= 4 is 17.2 Å². The molecule has 3 heteroatoms. The van der Waals surface area contributed by atoms with E-state index in [9.17, 15) is 0 Å². The average Bonchev–Trinajstić information content (AvgIpc) is 3.41. The van der Waals surface area contributed by atoms with Crippen LogP contribution in [-0.2, 0) is 37.0 Å². The largest absolute Gasteiger partial charge is 3.00 e. The molecule has 0 amide bonds. The number of benzene rings is 3. The van der Waals surface area contributed by atoms with Crippen molar-refractivity contribution in [2.24, 2.45) is 11.3 Å². The van der Waals surface area contributed by atoms with E-state index in [0.717, 1.165) is 0 Å². The van der Waals surface area contributed by atoms with Crippen LogP contribution in [0, 0.1) is 11.3 Å². The second-order valence-electron chi connectivity index (χ2n) is 14.7. The molecule has 1 unspecified atom stereocenters. The van der Waals surface area contributed by atoms with Crippen LogP contribution in [0.15, 0.2) is 72.3 Å². The molecule has 0 saturated carbocycles. The van der Waals surface area contributed by atoms with Crippen LogP contribution in [0.5, 0.6) is 0 Å². The Bertz CT molecular complexity index is 1650. The zero-order chi connectivity index (χ0) is 28.5. The van der Waals surface area contributed by atoms with Crippen LogP contribution in [0.1, 0.15) is 104 Å². The van der Waals surface area contributed by atoms with E-state index in [4.69, 9.17) is 0 Å². The first kappa shape index (κ1) is 36.5. The Labute approximate surface area is 286 Å². The van der Waals surface area contributed by atoms with Crippen LogP contribution in [0.3, 0.4) is 0 Å². The van der Waals surface area contributed by atoms with Crippen molar-refractivity contribution in [1.82, 2.24) is 0 Å². The number of hydrogen-bond acceptors (Lipinski definition) is 0. The smallest absolute Gasteiger partial charge is 1.00 e. The molecule has 219 valence electrons. The number of allylic oxidation sites excluding steroid dienone is 4. The van der Waals surface area contributed by atoms with Crippen LogP contribution >= 0.6 is 0 Å². The van der Waals surface area contributed by atoms with Gasteiger partial charge in [-0.2, -0.15) is 0 Å². The van der Waals surface area contributed by atoms with Gasteiger partial charge in [0.25, 0.3) is 0 Å². The van der Waals surface area contributed by atoms with Crippen molar-refractivity contribution in [3.63, 3.8) is 0 Å². The summed E-state index contributed by atoms with van der Waals surface area (Å²) in [7, 11) is 0. The van der Waals surface area contributed by atoms with Crippen molar-refractivity contribution in [3.8, 4) is 11.1 Å². The van der Waals surface area contributed by atoms with E-state index >= 15 is 0 Å². The minimum atomic E-state index is -0.0478. The minimum Gasteiger partial charge on any atom is -1.00 e. The molecule has 0 heterocycles. The Morgan fingerprint density at radius 3 is 1.88 bits per heavy atom. The van der Waals surface area contributed by atoms with E-state index in [0.29, 0.717) is 5.92 Å². The molecule has 3 aromatic rings. The van der Waals surface area contributed by atoms with Gasteiger partial charge in [0.15, 0.2) is 0 Å². The molecule has 0 nitrogen and oxygen atoms in total. The molecule has 0 fully saturated rings. The number of hydrogen-bond donors (Lipinski definition) is 0. The number of fused-ring (bicyclic) bond motifs is 3. The van der Waals surface area contributed by atoms with Gasteiger partial charge in [-0.05, 0) is 51.0 Å². The molecule has 0 N–H and O–H groups in total. The molecule has 2 aliphatic carbocycles. The normalized spacial score (nSPS) is 16.5. The van der Waals surface area contributed by atoms with Crippen molar-refractivity contribution < 1.29 is 51.0 Å². The van der Waals surface area contributed by atoms with Gasteiger partial charge in [-0.1, -0.05) is 152 Å². The molecule has 42 heavy (non-hydrogen) atoms. The van der Waals surface area contributed by atoms with Crippen molar-refractivity contribution in [2.75, 3.05) is 0 Å². The molecule has 0 aliphatic heterocycles. The van der Waals surface area contributed by atoms with Gasteiger partial charge in [0.2, 0.25) is 0 Å². The predicted octanol–water partition coefficient (Wildman–Crippen LogP) is 3.20. The molecule has 2 aliphatic rings. The van der Waals surface area contributed by atoms with E-state index in [1.807, 2.05) is 0 Å². The Kier molecular flexibility index (Phi) is 11.1. The minimum absolute atomic E-state index is 0. The maximum Gasteiger partial charge on any atom is 3.00 e. The summed E-state index contributed by atoms with van der Waals surface area (Å²) >= 11 is 0. The summed E-state index contributed by atoms with van der Waals surface area (Å²) in [5.41, 5.74) is 13.7. The van der Waals surface area contributed by atoms with Gasteiger partial charge in [0, 0.05) is 0 Å². The Morgan fingerprint density at radius 1 is 0.738 bits per heavy atom. The summed E-state index contributed by atoms with van der Waals surface area (Å²) < 4.78 is 0. The zero-order valence-electron chi connectivity index (χ0n) is 27.2. The van der Waals surface area contributed by atoms with Gasteiger partial charge in [-0.25, -0.2) is 0 Å². The van der Waals surface area contributed by atoms with Crippen LogP contribution in [-0.4, -0.2) is 0 Å². The second kappa shape index (κ2) is 12.8. The van der Waals surface area contributed by atoms with Crippen LogP contribution in [0.2, 0.25) is 0 Å². The van der Waals surface area contributed by atoms with Crippen LogP contribution in [0.4, 0.5) is 0 Å². The Balaban J connectivity index is 0.00000205. The maximum absolute atomic E-state index is 3.96. The topological polar surface area (TPSA) is 0 Å². The molecule has 3 aromatic carbocycles. The van der Waals surface area contributed by atoms with Crippen molar-refractivity contribution in [3.05, 3.63) is 111 Å². The first-order valence-corrected chi connectivity index (χ1v) is 14.5. The van der Waals surface area contributed by atoms with Gasteiger partial charge >= 0.3 is 26.2 Å². The van der Waals surface area contributed by atoms with Gasteiger partial charge < -0.3 is 24.8 Å². The summed E-state index contributed by atoms with van der Waals surface area (Å²) in [6.45, 7) is 25.6. The summed E-state index contributed by atoms with van der Waals surface area (Å²) in [6.07, 6.45) is 8.92. The summed E-state index contributed by atoms with van der Waals surface area (Å²) in [4.78, 5) is 0. The van der Waals surface area contributed by atoms with E-state index < -0.39 is 0 Å². The molecule has 5 rings (SSSR count). The van der Waals surface area contributed by atoms with Crippen LogP contribution < -0.4 is 35.3 Å². The molecular formula is C39H45Cl2Zr. The first-order chi connectivity index (χ1) is 18.1.